The number of hydrogen-bond acceptors (Lipinski definition) is 3. The van der Waals surface area contributed by atoms with Crippen LogP contribution in [-0.2, 0) is 20.2 Å². The molecule has 0 fully saturated rings. The van der Waals surface area contributed by atoms with Crippen molar-refractivity contribution in [1.82, 2.24) is 4.31 Å². The zero-order valence-corrected chi connectivity index (χ0v) is 18.1. The minimum atomic E-state index is -3.56. The molecule has 1 N–H and O–H groups in total. The maximum atomic E-state index is 12.3. The molecule has 0 saturated carbocycles. The second kappa shape index (κ2) is 8.29. The molecular formula is C22H28N2O3S. The Kier molecular flexibility index (Phi) is 6.47. The summed E-state index contributed by atoms with van der Waals surface area (Å²) in [7, 11) is -0.613. The fraction of sp³-hybridized carbons (Fsp3) is 0.318. The monoisotopic (exact) mass is 400 g/mol. The zero-order valence-electron chi connectivity index (χ0n) is 17.3. The van der Waals surface area contributed by atoms with Gasteiger partial charge in [0.1, 0.15) is 0 Å². The van der Waals surface area contributed by atoms with Crippen molar-refractivity contribution in [2.24, 2.45) is 0 Å². The molecule has 0 radical (unpaired) electrons. The first-order chi connectivity index (χ1) is 12.9. The molecule has 0 bridgehead atoms. The standard InChI is InChI=1S/C22H28N2O3S/c1-16-7-13-19(28(26,27)24(5)6)15-20(16)23-21(25)14-10-17-8-11-18(12-9-17)22(2,3)4/h7-15H,1-6H3,(H,23,25). The number of aryl methyl sites for hydroxylation is 1. The summed E-state index contributed by atoms with van der Waals surface area (Å²) < 4.78 is 25.7. The third kappa shape index (κ3) is 5.30. The normalized spacial score (nSPS) is 12.5. The molecule has 2 rings (SSSR count). The summed E-state index contributed by atoms with van der Waals surface area (Å²) in [5, 5.41) is 2.76. The molecule has 28 heavy (non-hydrogen) atoms. The van der Waals surface area contributed by atoms with E-state index in [4.69, 9.17) is 0 Å². The number of sulfonamides is 1. The summed E-state index contributed by atoms with van der Waals surface area (Å²) in [5.74, 6) is -0.317. The summed E-state index contributed by atoms with van der Waals surface area (Å²) in [5.41, 5.74) is 3.48. The Morgan fingerprint density at radius 1 is 1.04 bits per heavy atom. The molecule has 1 amide bonds. The number of nitrogens with one attached hydrogen (secondary N) is 1. The lowest BCUT2D eigenvalue weighted by Crippen LogP contribution is -2.22. The van der Waals surface area contributed by atoms with Gasteiger partial charge in [-0.25, -0.2) is 12.7 Å². The Balaban J connectivity index is 2.16. The van der Waals surface area contributed by atoms with Crippen LogP contribution in [0.5, 0.6) is 0 Å². The van der Waals surface area contributed by atoms with Crippen molar-refractivity contribution in [3.63, 3.8) is 0 Å². The van der Waals surface area contributed by atoms with Gasteiger partial charge < -0.3 is 5.32 Å². The van der Waals surface area contributed by atoms with Crippen LogP contribution >= 0.6 is 0 Å². The number of nitrogens with zero attached hydrogens (tertiary/aromatic N) is 1. The zero-order chi connectivity index (χ0) is 21.1. The quantitative estimate of drug-likeness (QED) is 0.765. The Labute approximate surface area is 168 Å². The van der Waals surface area contributed by atoms with Crippen LogP contribution in [0.2, 0.25) is 0 Å². The average Bonchev–Trinajstić information content (AvgIpc) is 2.61. The highest BCUT2D eigenvalue weighted by Crippen LogP contribution is 2.23. The average molecular weight is 401 g/mol. The number of anilines is 1. The predicted octanol–water partition coefficient (Wildman–Crippen LogP) is 4.19. The third-order valence-corrected chi connectivity index (χ3v) is 6.26. The van der Waals surface area contributed by atoms with Crippen LogP contribution in [0, 0.1) is 6.92 Å². The van der Waals surface area contributed by atoms with Crippen molar-refractivity contribution in [2.75, 3.05) is 19.4 Å². The van der Waals surface area contributed by atoms with Crippen molar-refractivity contribution in [2.45, 2.75) is 38.0 Å². The lowest BCUT2D eigenvalue weighted by Gasteiger charge is -2.18. The van der Waals surface area contributed by atoms with E-state index in [1.54, 1.807) is 12.1 Å². The van der Waals surface area contributed by atoms with Gasteiger partial charge in [-0.2, -0.15) is 0 Å². The SMILES string of the molecule is Cc1ccc(S(=O)(=O)N(C)C)cc1NC(=O)C=Cc1ccc(C(C)(C)C)cc1. The molecule has 2 aromatic carbocycles. The summed E-state index contributed by atoms with van der Waals surface area (Å²) in [6.07, 6.45) is 3.18. The van der Waals surface area contributed by atoms with Crippen LogP contribution in [0.25, 0.3) is 6.08 Å². The molecule has 0 spiro atoms. The number of rotatable bonds is 5. The minimum absolute atomic E-state index is 0.0784. The van der Waals surface area contributed by atoms with Crippen LogP contribution in [0.4, 0.5) is 5.69 Å². The lowest BCUT2D eigenvalue weighted by molar-refractivity contribution is -0.111. The number of hydrogen-bond donors (Lipinski definition) is 1. The number of carbonyl (C=O) groups is 1. The summed E-state index contributed by atoms with van der Waals surface area (Å²) in [4.78, 5) is 12.4. The van der Waals surface area contributed by atoms with E-state index in [1.807, 2.05) is 19.1 Å². The largest absolute Gasteiger partial charge is 0.322 e. The van der Waals surface area contributed by atoms with Gasteiger partial charge in [-0.15, -0.1) is 0 Å². The molecule has 0 aliphatic heterocycles. The van der Waals surface area contributed by atoms with E-state index in [2.05, 4.69) is 38.2 Å². The summed E-state index contributed by atoms with van der Waals surface area (Å²) in [6.45, 7) is 8.27. The molecule has 0 unspecified atom stereocenters. The molecule has 0 heterocycles. The molecule has 5 nitrogen and oxygen atoms in total. The highest BCUT2D eigenvalue weighted by Gasteiger charge is 2.18. The molecule has 2 aromatic rings. The Bertz CT molecular complexity index is 983. The third-order valence-electron chi connectivity index (χ3n) is 4.45. The highest BCUT2D eigenvalue weighted by molar-refractivity contribution is 7.89. The van der Waals surface area contributed by atoms with Gasteiger partial charge in [0.2, 0.25) is 15.9 Å². The second-order valence-corrected chi connectivity index (χ2v) is 10.1. The molecular weight excluding hydrogens is 372 g/mol. The molecule has 150 valence electrons. The molecule has 0 atom stereocenters. The summed E-state index contributed by atoms with van der Waals surface area (Å²) in [6, 6.07) is 12.7. The lowest BCUT2D eigenvalue weighted by atomic mass is 9.87. The number of benzene rings is 2. The van der Waals surface area contributed by atoms with Crippen molar-refractivity contribution in [1.29, 1.82) is 0 Å². The van der Waals surface area contributed by atoms with E-state index in [1.165, 1.54) is 37.9 Å². The van der Waals surface area contributed by atoms with Crippen molar-refractivity contribution in [3.8, 4) is 0 Å². The Morgan fingerprint density at radius 3 is 2.18 bits per heavy atom. The van der Waals surface area contributed by atoms with Crippen LogP contribution in [0.15, 0.2) is 53.4 Å². The van der Waals surface area contributed by atoms with E-state index in [0.717, 1.165) is 15.4 Å². The molecule has 0 aliphatic rings. The van der Waals surface area contributed by atoms with Gasteiger partial charge in [0.05, 0.1) is 4.90 Å². The van der Waals surface area contributed by atoms with E-state index in [9.17, 15) is 13.2 Å². The molecule has 0 aliphatic carbocycles. The maximum absolute atomic E-state index is 12.3. The van der Waals surface area contributed by atoms with Crippen molar-refractivity contribution >= 4 is 27.7 Å². The van der Waals surface area contributed by atoms with Crippen molar-refractivity contribution in [3.05, 3.63) is 65.2 Å². The smallest absolute Gasteiger partial charge is 0.248 e. The fourth-order valence-corrected chi connectivity index (χ4v) is 3.48. The van der Waals surface area contributed by atoms with Crippen LogP contribution < -0.4 is 5.32 Å². The maximum Gasteiger partial charge on any atom is 0.248 e. The van der Waals surface area contributed by atoms with Crippen LogP contribution in [0.3, 0.4) is 0 Å². The van der Waals surface area contributed by atoms with E-state index in [0.29, 0.717) is 5.69 Å². The van der Waals surface area contributed by atoms with Gasteiger partial charge >= 0.3 is 0 Å². The van der Waals surface area contributed by atoms with Crippen LogP contribution in [-0.4, -0.2) is 32.7 Å². The Hall–Kier alpha value is -2.44. The van der Waals surface area contributed by atoms with E-state index >= 15 is 0 Å². The number of carbonyl (C=O) groups excluding carboxylic acids is 1. The topological polar surface area (TPSA) is 66.5 Å². The Morgan fingerprint density at radius 2 is 1.64 bits per heavy atom. The molecule has 6 heteroatoms. The fourth-order valence-electron chi connectivity index (χ4n) is 2.55. The predicted molar refractivity (Wildman–Crippen MR) is 115 cm³/mol. The highest BCUT2D eigenvalue weighted by atomic mass is 32.2. The van der Waals surface area contributed by atoms with E-state index in [-0.39, 0.29) is 16.2 Å². The van der Waals surface area contributed by atoms with Gasteiger partial charge in [0.25, 0.3) is 0 Å². The van der Waals surface area contributed by atoms with Crippen LogP contribution in [0.1, 0.15) is 37.5 Å². The number of amides is 1. The first-order valence-corrected chi connectivity index (χ1v) is 10.5. The molecule has 0 aromatic heterocycles. The minimum Gasteiger partial charge on any atom is -0.322 e. The molecule has 0 saturated heterocycles. The first kappa shape index (κ1) is 21.9. The second-order valence-electron chi connectivity index (χ2n) is 7.96. The van der Waals surface area contributed by atoms with Gasteiger partial charge in [0.15, 0.2) is 0 Å². The van der Waals surface area contributed by atoms with Gasteiger partial charge in [-0.1, -0.05) is 51.1 Å². The van der Waals surface area contributed by atoms with Crippen molar-refractivity contribution < 1.29 is 13.2 Å². The van der Waals surface area contributed by atoms with Gasteiger partial charge in [-0.3, -0.25) is 4.79 Å². The summed E-state index contributed by atoms with van der Waals surface area (Å²) >= 11 is 0. The van der Waals surface area contributed by atoms with E-state index < -0.39 is 10.0 Å². The first-order valence-electron chi connectivity index (χ1n) is 9.04. The van der Waals surface area contributed by atoms with Gasteiger partial charge in [-0.05, 0) is 47.2 Å². The van der Waals surface area contributed by atoms with Gasteiger partial charge in [0, 0.05) is 25.9 Å².